The highest BCUT2D eigenvalue weighted by molar-refractivity contribution is 5.99. The minimum absolute atomic E-state index is 0.0571. The van der Waals surface area contributed by atoms with Crippen LogP contribution in [0.1, 0.15) is 70.6 Å². The Morgan fingerprint density at radius 3 is 2.34 bits per heavy atom. The van der Waals surface area contributed by atoms with Gasteiger partial charge in [0.25, 0.3) is 0 Å². The lowest BCUT2D eigenvalue weighted by molar-refractivity contribution is -0.160. The van der Waals surface area contributed by atoms with Crippen LogP contribution in [0.3, 0.4) is 0 Å². The van der Waals surface area contributed by atoms with Crippen LogP contribution < -0.4 is 5.32 Å². The van der Waals surface area contributed by atoms with Gasteiger partial charge in [0.1, 0.15) is 6.04 Å². The van der Waals surface area contributed by atoms with Crippen molar-refractivity contribution in [2.24, 2.45) is 17.8 Å². The molecule has 2 aliphatic carbocycles. The molecule has 8 nitrogen and oxygen atoms in total. The quantitative estimate of drug-likeness (QED) is 0.363. The summed E-state index contributed by atoms with van der Waals surface area (Å²) in [6, 6.07) is -0.651. The van der Waals surface area contributed by atoms with Crippen LogP contribution in [0.2, 0.25) is 0 Å². The van der Waals surface area contributed by atoms with Gasteiger partial charge in [-0.1, -0.05) is 25.7 Å². The Labute approximate surface area is 171 Å². The van der Waals surface area contributed by atoms with E-state index >= 15 is 0 Å². The fraction of sp³-hybridized carbons (Fsp3) is 0.810. The maximum absolute atomic E-state index is 13.3. The van der Waals surface area contributed by atoms with Crippen molar-refractivity contribution in [3.05, 3.63) is 0 Å². The van der Waals surface area contributed by atoms with E-state index in [0.29, 0.717) is 43.2 Å². The van der Waals surface area contributed by atoms with Crippen molar-refractivity contribution < 1.29 is 24.4 Å². The molecule has 3 rings (SSSR count). The average molecular weight is 408 g/mol. The zero-order valence-electron chi connectivity index (χ0n) is 17.1. The van der Waals surface area contributed by atoms with Gasteiger partial charge in [0.15, 0.2) is 0 Å². The second kappa shape index (κ2) is 10.2. The zero-order chi connectivity index (χ0) is 20.8. The summed E-state index contributed by atoms with van der Waals surface area (Å²) in [7, 11) is 0. The number of nitrogens with one attached hydrogen (secondary N) is 1. The summed E-state index contributed by atoms with van der Waals surface area (Å²) in [5, 5.41) is 12.7. The second-order valence-corrected chi connectivity index (χ2v) is 8.84. The number of likely N-dealkylation sites (tertiary alicyclic amines) is 1. The third-order valence-corrected chi connectivity index (χ3v) is 6.84. The van der Waals surface area contributed by atoms with Crippen LogP contribution in [0, 0.1) is 17.8 Å². The number of rotatable bonds is 8. The zero-order valence-corrected chi connectivity index (χ0v) is 17.1. The molecule has 0 radical (unpaired) electrons. The molecule has 0 bridgehead atoms. The van der Waals surface area contributed by atoms with Crippen LogP contribution in [0.25, 0.3) is 0 Å². The SMILES string of the molecule is O=CN(O)CC(C(=O)N1CCC[C@H]1C(=O)NC(=O)CC1CCCC1)C1CCCC1. The lowest BCUT2D eigenvalue weighted by atomic mass is 9.89. The first-order chi connectivity index (χ1) is 14.0. The number of hydroxylamine groups is 2. The molecule has 0 aromatic heterocycles. The van der Waals surface area contributed by atoms with Crippen LogP contribution >= 0.6 is 0 Å². The molecule has 8 heteroatoms. The van der Waals surface area contributed by atoms with Crippen molar-refractivity contribution >= 4 is 24.1 Å². The van der Waals surface area contributed by atoms with Gasteiger partial charge in [-0.05, 0) is 50.4 Å². The van der Waals surface area contributed by atoms with Crippen LogP contribution in [0.5, 0.6) is 0 Å². The van der Waals surface area contributed by atoms with Crippen molar-refractivity contribution in [1.29, 1.82) is 0 Å². The molecule has 1 saturated heterocycles. The Balaban J connectivity index is 1.62. The summed E-state index contributed by atoms with van der Waals surface area (Å²) in [5.74, 6) is -0.912. The summed E-state index contributed by atoms with van der Waals surface area (Å²) in [6.07, 6.45) is 10.1. The summed E-state index contributed by atoms with van der Waals surface area (Å²) >= 11 is 0. The highest BCUT2D eigenvalue weighted by Crippen LogP contribution is 2.34. The molecule has 1 heterocycles. The summed E-state index contributed by atoms with van der Waals surface area (Å²) in [4.78, 5) is 50.7. The van der Waals surface area contributed by atoms with E-state index in [1.54, 1.807) is 4.90 Å². The third-order valence-electron chi connectivity index (χ3n) is 6.84. The van der Waals surface area contributed by atoms with Crippen LogP contribution in [-0.4, -0.2) is 58.4 Å². The monoisotopic (exact) mass is 407 g/mol. The van der Waals surface area contributed by atoms with Gasteiger partial charge in [-0.25, -0.2) is 5.06 Å². The Hall–Kier alpha value is -1.96. The second-order valence-electron chi connectivity index (χ2n) is 8.84. The van der Waals surface area contributed by atoms with Gasteiger partial charge >= 0.3 is 0 Å². The predicted octanol–water partition coefficient (Wildman–Crippen LogP) is 1.85. The number of nitrogens with zero attached hydrogens (tertiary/aromatic N) is 2. The predicted molar refractivity (Wildman–Crippen MR) is 104 cm³/mol. The van der Waals surface area contributed by atoms with E-state index in [9.17, 15) is 24.4 Å². The van der Waals surface area contributed by atoms with E-state index in [-0.39, 0.29) is 24.3 Å². The fourth-order valence-electron chi connectivity index (χ4n) is 5.30. The number of imide groups is 1. The standard InChI is InChI=1S/C21H33N3O5/c25-14-23(29)13-17(16-8-3-4-9-16)21(28)24-11-5-10-18(24)20(27)22-19(26)12-15-6-1-2-7-15/h14-18,29H,1-13H2,(H,22,26,27)/t17?,18-/m0/s1. The van der Waals surface area contributed by atoms with Crippen molar-refractivity contribution in [2.75, 3.05) is 13.1 Å². The molecule has 4 amide bonds. The van der Waals surface area contributed by atoms with Gasteiger partial charge < -0.3 is 4.90 Å². The van der Waals surface area contributed by atoms with Crippen LogP contribution in [-0.2, 0) is 19.2 Å². The number of amides is 4. The number of carbonyl (C=O) groups excluding carboxylic acids is 4. The molecule has 3 aliphatic rings. The normalized spacial score (nSPS) is 23.9. The van der Waals surface area contributed by atoms with E-state index in [1.807, 2.05) is 0 Å². The highest BCUT2D eigenvalue weighted by atomic mass is 16.5. The van der Waals surface area contributed by atoms with Crippen LogP contribution in [0.15, 0.2) is 0 Å². The molecule has 2 N–H and O–H groups in total. The fourth-order valence-corrected chi connectivity index (χ4v) is 5.30. The largest absolute Gasteiger partial charge is 0.330 e. The van der Waals surface area contributed by atoms with Crippen molar-refractivity contribution in [1.82, 2.24) is 15.3 Å². The lowest BCUT2D eigenvalue weighted by Gasteiger charge is -2.31. The molecular formula is C21H33N3O5. The van der Waals surface area contributed by atoms with Gasteiger partial charge in [0.05, 0.1) is 12.5 Å². The van der Waals surface area contributed by atoms with Crippen LogP contribution in [0.4, 0.5) is 0 Å². The summed E-state index contributed by atoms with van der Waals surface area (Å²) in [5.41, 5.74) is 0. The molecule has 29 heavy (non-hydrogen) atoms. The smallest absolute Gasteiger partial charge is 0.249 e. The molecule has 2 atom stereocenters. The maximum Gasteiger partial charge on any atom is 0.249 e. The molecule has 0 aromatic rings. The van der Waals surface area contributed by atoms with E-state index in [0.717, 1.165) is 51.4 Å². The number of hydrogen-bond acceptors (Lipinski definition) is 5. The minimum Gasteiger partial charge on any atom is -0.330 e. The average Bonchev–Trinajstić information content (AvgIpc) is 3.47. The third kappa shape index (κ3) is 5.56. The number of hydrogen-bond donors (Lipinski definition) is 2. The summed E-state index contributed by atoms with van der Waals surface area (Å²) in [6.45, 7) is 0.405. The summed E-state index contributed by atoms with van der Waals surface area (Å²) < 4.78 is 0. The maximum atomic E-state index is 13.3. The molecule has 0 aromatic carbocycles. The van der Waals surface area contributed by atoms with E-state index in [4.69, 9.17) is 0 Å². The van der Waals surface area contributed by atoms with Gasteiger partial charge in [-0.3, -0.25) is 29.7 Å². The molecule has 1 aliphatic heterocycles. The topological polar surface area (TPSA) is 107 Å². The van der Waals surface area contributed by atoms with Crippen molar-refractivity contribution in [3.63, 3.8) is 0 Å². The van der Waals surface area contributed by atoms with Gasteiger partial charge in [-0.2, -0.15) is 0 Å². The van der Waals surface area contributed by atoms with Crippen molar-refractivity contribution in [2.45, 2.75) is 76.7 Å². The molecule has 162 valence electrons. The number of carbonyl (C=O) groups is 4. The minimum atomic E-state index is -0.651. The van der Waals surface area contributed by atoms with Gasteiger partial charge in [-0.15, -0.1) is 0 Å². The van der Waals surface area contributed by atoms with Crippen molar-refractivity contribution in [3.8, 4) is 0 Å². The molecule has 0 spiro atoms. The Kier molecular flexibility index (Phi) is 7.64. The molecule has 1 unspecified atom stereocenters. The first kappa shape index (κ1) is 21.7. The Morgan fingerprint density at radius 1 is 1.03 bits per heavy atom. The molecule has 2 saturated carbocycles. The first-order valence-corrected chi connectivity index (χ1v) is 11.0. The first-order valence-electron chi connectivity index (χ1n) is 11.0. The lowest BCUT2D eigenvalue weighted by Crippen LogP contribution is -2.51. The van der Waals surface area contributed by atoms with E-state index in [1.165, 1.54) is 0 Å². The van der Waals surface area contributed by atoms with Gasteiger partial charge in [0.2, 0.25) is 24.1 Å². The van der Waals surface area contributed by atoms with E-state index < -0.39 is 17.9 Å². The molecule has 3 fully saturated rings. The van der Waals surface area contributed by atoms with Gasteiger partial charge in [0, 0.05) is 13.0 Å². The van der Waals surface area contributed by atoms with E-state index in [2.05, 4.69) is 5.32 Å². The molecular weight excluding hydrogens is 374 g/mol. The Bertz CT molecular complexity index is 613. The highest BCUT2D eigenvalue weighted by Gasteiger charge is 2.41. The Morgan fingerprint density at radius 2 is 1.69 bits per heavy atom.